The Morgan fingerprint density at radius 2 is 1.64 bits per heavy atom. The second-order valence-corrected chi connectivity index (χ2v) is 6.00. The van der Waals surface area contributed by atoms with Gasteiger partial charge in [0.15, 0.2) is 5.69 Å². The summed E-state index contributed by atoms with van der Waals surface area (Å²) in [4.78, 5) is 16.6. The van der Waals surface area contributed by atoms with E-state index in [4.69, 9.17) is 0 Å². The Morgan fingerprint density at radius 1 is 0.893 bits per heavy atom. The summed E-state index contributed by atoms with van der Waals surface area (Å²) in [5.74, 6) is -1.31. The van der Waals surface area contributed by atoms with Gasteiger partial charge in [-0.3, -0.25) is 9.78 Å². The first-order valence-electron chi connectivity index (χ1n) is 8.43. The number of nitrogens with zero attached hydrogens (tertiary/aromatic N) is 3. The first kappa shape index (κ1) is 17.5. The Kier molecular flexibility index (Phi) is 4.63. The molecule has 0 aliphatic carbocycles. The van der Waals surface area contributed by atoms with Gasteiger partial charge in [-0.15, -0.1) is 0 Å². The molecule has 5 nitrogen and oxygen atoms in total. The normalized spacial score (nSPS) is 10.6. The summed E-state index contributed by atoms with van der Waals surface area (Å²) >= 11 is 0. The molecule has 1 N–H and O–H groups in total. The Hall–Kier alpha value is -3.87. The summed E-state index contributed by atoms with van der Waals surface area (Å²) in [6, 6.07) is 16.6. The topological polar surface area (TPSA) is 59.8 Å². The minimum Gasteiger partial charge on any atom is -0.320 e. The van der Waals surface area contributed by atoms with E-state index in [-0.39, 0.29) is 11.5 Å². The van der Waals surface area contributed by atoms with Gasteiger partial charge in [-0.1, -0.05) is 6.07 Å². The van der Waals surface area contributed by atoms with Crippen LogP contribution in [-0.4, -0.2) is 20.7 Å². The van der Waals surface area contributed by atoms with Gasteiger partial charge in [0.25, 0.3) is 5.91 Å². The van der Waals surface area contributed by atoms with Gasteiger partial charge in [-0.2, -0.15) is 5.10 Å². The van der Waals surface area contributed by atoms with Crippen LogP contribution in [0.3, 0.4) is 0 Å². The molecule has 1 amide bonds. The number of carbonyl (C=O) groups is 1. The van der Waals surface area contributed by atoms with Crippen LogP contribution in [0.4, 0.5) is 14.5 Å². The van der Waals surface area contributed by atoms with Gasteiger partial charge >= 0.3 is 0 Å². The van der Waals surface area contributed by atoms with E-state index in [1.54, 1.807) is 53.5 Å². The molecule has 0 unspecified atom stereocenters. The second kappa shape index (κ2) is 7.40. The average molecular weight is 376 g/mol. The molecular formula is C21H14F2N4O. The number of hydrogen-bond acceptors (Lipinski definition) is 3. The first-order chi connectivity index (χ1) is 13.6. The summed E-state index contributed by atoms with van der Waals surface area (Å²) in [5, 5.41) is 7.00. The number of rotatable bonds is 4. The maximum atomic E-state index is 13.4. The fourth-order valence-corrected chi connectivity index (χ4v) is 2.76. The molecule has 4 aromatic rings. The highest BCUT2D eigenvalue weighted by Gasteiger charge is 2.17. The minimum absolute atomic E-state index is 0.139. The fourth-order valence-electron chi connectivity index (χ4n) is 2.76. The molecule has 28 heavy (non-hydrogen) atoms. The minimum atomic E-state index is -0.484. The number of benzene rings is 2. The van der Waals surface area contributed by atoms with E-state index in [9.17, 15) is 13.6 Å². The molecule has 4 rings (SSSR count). The van der Waals surface area contributed by atoms with Crippen molar-refractivity contribution in [2.24, 2.45) is 0 Å². The predicted molar refractivity (Wildman–Crippen MR) is 101 cm³/mol. The Bertz CT molecular complexity index is 1120. The highest BCUT2D eigenvalue weighted by Crippen LogP contribution is 2.24. The molecule has 2 heterocycles. The second-order valence-electron chi connectivity index (χ2n) is 6.00. The summed E-state index contributed by atoms with van der Waals surface area (Å²) < 4.78 is 28.2. The van der Waals surface area contributed by atoms with E-state index in [1.807, 2.05) is 0 Å². The van der Waals surface area contributed by atoms with Gasteiger partial charge in [-0.25, -0.2) is 13.5 Å². The van der Waals surface area contributed by atoms with Gasteiger partial charge in [0, 0.05) is 23.6 Å². The third-order valence-corrected chi connectivity index (χ3v) is 4.07. The number of hydrogen-bond donors (Lipinski definition) is 1. The van der Waals surface area contributed by atoms with E-state index in [1.165, 1.54) is 30.3 Å². The summed E-state index contributed by atoms with van der Waals surface area (Å²) in [7, 11) is 0. The number of amides is 1. The van der Waals surface area contributed by atoms with Gasteiger partial charge in [-0.05, 0) is 60.7 Å². The Labute approximate surface area is 159 Å². The van der Waals surface area contributed by atoms with E-state index >= 15 is 0 Å². The van der Waals surface area contributed by atoms with E-state index in [0.29, 0.717) is 17.1 Å². The van der Waals surface area contributed by atoms with Gasteiger partial charge in [0.05, 0.1) is 11.4 Å². The molecule has 0 bridgehead atoms. The zero-order chi connectivity index (χ0) is 19.5. The van der Waals surface area contributed by atoms with Crippen molar-refractivity contribution in [2.45, 2.75) is 0 Å². The Morgan fingerprint density at radius 3 is 2.36 bits per heavy atom. The van der Waals surface area contributed by atoms with Crippen molar-refractivity contribution < 1.29 is 13.6 Å². The highest BCUT2D eigenvalue weighted by molar-refractivity contribution is 6.03. The lowest BCUT2D eigenvalue weighted by Gasteiger charge is -2.07. The standard InChI is InChI=1S/C21H14F2N4O/c22-15-4-6-18(7-5-15)27-20(14-8-10-24-11-9-14)13-19(26-27)21(28)25-17-3-1-2-16(23)12-17/h1-13H,(H,25,28). The van der Waals surface area contributed by atoms with Crippen molar-refractivity contribution in [1.82, 2.24) is 14.8 Å². The molecule has 0 atom stereocenters. The third-order valence-electron chi connectivity index (χ3n) is 4.07. The van der Waals surface area contributed by atoms with Crippen molar-refractivity contribution >= 4 is 11.6 Å². The zero-order valence-corrected chi connectivity index (χ0v) is 14.5. The third kappa shape index (κ3) is 3.64. The summed E-state index contributed by atoms with van der Waals surface area (Å²) in [5.41, 5.74) is 2.49. The molecule has 0 saturated carbocycles. The van der Waals surface area contributed by atoms with Crippen molar-refractivity contribution in [3.05, 3.63) is 96.5 Å². The van der Waals surface area contributed by atoms with E-state index in [0.717, 1.165) is 5.56 Å². The van der Waals surface area contributed by atoms with Gasteiger partial charge < -0.3 is 5.32 Å². The maximum Gasteiger partial charge on any atom is 0.276 e. The smallest absolute Gasteiger partial charge is 0.276 e. The molecule has 0 aliphatic rings. The fraction of sp³-hybridized carbons (Fsp3) is 0. The van der Waals surface area contributed by atoms with Crippen LogP contribution in [0.5, 0.6) is 0 Å². The van der Waals surface area contributed by atoms with E-state index < -0.39 is 11.7 Å². The summed E-state index contributed by atoms with van der Waals surface area (Å²) in [6.07, 6.45) is 3.26. The number of aromatic nitrogens is 3. The van der Waals surface area contributed by atoms with Crippen LogP contribution in [-0.2, 0) is 0 Å². The van der Waals surface area contributed by atoms with Crippen molar-refractivity contribution in [2.75, 3.05) is 5.32 Å². The van der Waals surface area contributed by atoms with Crippen LogP contribution in [0.15, 0.2) is 79.1 Å². The molecule has 7 heteroatoms. The molecule has 0 saturated heterocycles. The van der Waals surface area contributed by atoms with Gasteiger partial charge in [0.1, 0.15) is 11.6 Å². The van der Waals surface area contributed by atoms with Crippen LogP contribution in [0.2, 0.25) is 0 Å². The lowest BCUT2D eigenvalue weighted by atomic mass is 10.1. The van der Waals surface area contributed by atoms with Crippen molar-refractivity contribution in [3.63, 3.8) is 0 Å². The van der Waals surface area contributed by atoms with E-state index in [2.05, 4.69) is 15.4 Å². The van der Waals surface area contributed by atoms with Gasteiger partial charge in [0.2, 0.25) is 0 Å². The molecular weight excluding hydrogens is 362 g/mol. The molecule has 2 aromatic carbocycles. The predicted octanol–water partition coefficient (Wildman–Crippen LogP) is 4.46. The number of pyridine rings is 1. The molecule has 0 fully saturated rings. The monoisotopic (exact) mass is 376 g/mol. The quantitative estimate of drug-likeness (QED) is 0.572. The molecule has 0 aliphatic heterocycles. The summed E-state index contributed by atoms with van der Waals surface area (Å²) in [6.45, 7) is 0. The lowest BCUT2D eigenvalue weighted by Crippen LogP contribution is -2.13. The van der Waals surface area contributed by atoms with Crippen LogP contribution in [0.1, 0.15) is 10.5 Å². The van der Waals surface area contributed by atoms with Crippen LogP contribution in [0.25, 0.3) is 16.9 Å². The SMILES string of the molecule is O=C(Nc1cccc(F)c1)c1cc(-c2ccncc2)n(-c2ccc(F)cc2)n1. The number of anilines is 1. The van der Waals surface area contributed by atoms with Crippen LogP contribution < -0.4 is 5.32 Å². The molecule has 0 radical (unpaired) electrons. The number of halogens is 2. The Balaban J connectivity index is 1.74. The van der Waals surface area contributed by atoms with Crippen molar-refractivity contribution in [1.29, 1.82) is 0 Å². The number of carbonyl (C=O) groups excluding carboxylic acids is 1. The maximum absolute atomic E-state index is 13.4. The number of nitrogens with one attached hydrogen (secondary N) is 1. The largest absolute Gasteiger partial charge is 0.320 e. The highest BCUT2D eigenvalue weighted by atomic mass is 19.1. The first-order valence-corrected chi connectivity index (χ1v) is 8.43. The molecule has 0 spiro atoms. The van der Waals surface area contributed by atoms with Crippen LogP contribution >= 0.6 is 0 Å². The molecule has 138 valence electrons. The zero-order valence-electron chi connectivity index (χ0n) is 14.5. The average Bonchev–Trinajstić information content (AvgIpc) is 3.15. The lowest BCUT2D eigenvalue weighted by molar-refractivity contribution is 0.102. The molecule has 2 aromatic heterocycles. The van der Waals surface area contributed by atoms with Crippen LogP contribution in [0, 0.1) is 11.6 Å². The van der Waals surface area contributed by atoms with Crippen molar-refractivity contribution in [3.8, 4) is 16.9 Å².